The van der Waals surface area contributed by atoms with Crippen LogP contribution in [-0.4, -0.2) is 34.6 Å². The third-order valence-corrected chi connectivity index (χ3v) is 6.43. The topological polar surface area (TPSA) is 108 Å². The number of ether oxygens (including phenoxy) is 1. The second kappa shape index (κ2) is 6.80. The Kier molecular flexibility index (Phi) is 4.94. The molecule has 0 radical (unpaired) electrons. The Morgan fingerprint density at radius 3 is 2.47 bits per heavy atom. The quantitative estimate of drug-likeness (QED) is 0.745. The van der Waals surface area contributed by atoms with Crippen molar-refractivity contribution in [3.8, 4) is 6.07 Å². The maximum absolute atomic E-state index is 13.3. The Hall–Kier alpha value is -2.93. The summed E-state index contributed by atoms with van der Waals surface area (Å²) in [7, 11) is 0. The fourth-order valence-electron chi connectivity index (χ4n) is 4.90. The van der Waals surface area contributed by atoms with E-state index < -0.39 is 58.1 Å². The first-order valence-corrected chi connectivity index (χ1v) is 9.13. The lowest BCUT2D eigenvalue weighted by Gasteiger charge is -2.38. The van der Waals surface area contributed by atoms with Crippen molar-refractivity contribution in [1.82, 2.24) is 0 Å². The van der Waals surface area contributed by atoms with E-state index in [-0.39, 0.29) is 18.5 Å². The van der Waals surface area contributed by atoms with E-state index in [2.05, 4.69) is 0 Å². The van der Waals surface area contributed by atoms with E-state index in [1.165, 1.54) is 6.07 Å². The highest BCUT2D eigenvalue weighted by Crippen LogP contribution is 2.60. The smallest absolute Gasteiger partial charge is 0.417 e. The van der Waals surface area contributed by atoms with Gasteiger partial charge in [-0.05, 0) is 38.5 Å². The van der Waals surface area contributed by atoms with E-state index in [4.69, 9.17) is 10.00 Å². The van der Waals surface area contributed by atoms with Gasteiger partial charge in [0.2, 0.25) is 12.3 Å². The van der Waals surface area contributed by atoms with Gasteiger partial charge in [0.1, 0.15) is 0 Å². The number of nitriles is 1. The summed E-state index contributed by atoms with van der Waals surface area (Å²) < 4.78 is 45.8. The molecule has 2 heterocycles. The van der Waals surface area contributed by atoms with Crippen molar-refractivity contribution >= 4 is 24.0 Å². The lowest BCUT2D eigenvalue weighted by atomic mass is 9.63. The molecule has 5 atom stereocenters. The molecule has 2 saturated heterocycles. The molecule has 1 aromatic rings. The summed E-state index contributed by atoms with van der Waals surface area (Å²) in [4.78, 5) is 37.1. The number of halogens is 3. The predicted molar refractivity (Wildman–Crippen MR) is 96.0 cm³/mol. The Balaban J connectivity index is 2.00. The van der Waals surface area contributed by atoms with Crippen LogP contribution in [0.25, 0.3) is 0 Å². The number of benzene rings is 1. The first-order chi connectivity index (χ1) is 13.8. The molecular weight excluding hydrogens is 405 g/mol. The maximum Gasteiger partial charge on any atom is 0.417 e. The number of nitrogens with zero attached hydrogens (tertiary/aromatic N) is 2. The molecule has 1 aromatic carbocycles. The molecule has 7 nitrogen and oxygen atoms in total. The van der Waals surface area contributed by atoms with Crippen LogP contribution in [0.1, 0.15) is 38.3 Å². The summed E-state index contributed by atoms with van der Waals surface area (Å²) >= 11 is 0. The number of carboxylic acids is 1. The molecular formula is C20H19F3N2O5. The fourth-order valence-corrected chi connectivity index (χ4v) is 4.90. The minimum Gasteiger partial charge on any atom is -0.481 e. The largest absolute Gasteiger partial charge is 0.481 e. The number of carbonyl (C=O) groups excluding carboxylic acids is 2. The number of aliphatic carboxylic acids is 1. The average Bonchev–Trinajstić information content (AvgIpc) is 3.04. The van der Waals surface area contributed by atoms with E-state index in [9.17, 15) is 32.7 Å². The minimum atomic E-state index is -4.85. The van der Waals surface area contributed by atoms with Crippen LogP contribution in [0, 0.1) is 29.1 Å². The van der Waals surface area contributed by atoms with Crippen molar-refractivity contribution in [2.75, 3.05) is 4.90 Å². The SMILES string of the molecule is C[C@H]1[C@@H](C(=O)N(C=O)c2ccc(C#N)c(C(F)(F)F)c2)C2(C)C[C@H](C(=O)O)C1(C)O2. The molecule has 0 aliphatic carbocycles. The number of fused-ring (bicyclic) bond motifs is 2. The van der Waals surface area contributed by atoms with Crippen molar-refractivity contribution in [2.45, 2.75) is 44.6 Å². The van der Waals surface area contributed by atoms with Crippen molar-refractivity contribution in [3.05, 3.63) is 29.3 Å². The molecule has 2 aliphatic heterocycles. The number of imide groups is 1. The second-order valence-corrected chi connectivity index (χ2v) is 8.11. The third-order valence-electron chi connectivity index (χ3n) is 6.43. The second-order valence-electron chi connectivity index (χ2n) is 8.11. The van der Waals surface area contributed by atoms with E-state index in [0.717, 1.165) is 12.1 Å². The third kappa shape index (κ3) is 3.04. The summed E-state index contributed by atoms with van der Waals surface area (Å²) in [6, 6.07) is 4.00. The molecule has 30 heavy (non-hydrogen) atoms. The van der Waals surface area contributed by atoms with Gasteiger partial charge in [-0.2, -0.15) is 18.4 Å². The average molecular weight is 424 g/mol. The van der Waals surface area contributed by atoms with Gasteiger partial charge in [-0.15, -0.1) is 0 Å². The van der Waals surface area contributed by atoms with Gasteiger partial charge in [0.25, 0.3) is 0 Å². The van der Waals surface area contributed by atoms with Crippen LogP contribution < -0.4 is 4.90 Å². The number of alkyl halides is 3. The van der Waals surface area contributed by atoms with Crippen LogP contribution in [0.15, 0.2) is 18.2 Å². The first kappa shape index (κ1) is 21.8. The molecule has 1 N–H and O–H groups in total. The number of anilines is 1. The number of hydrogen-bond acceptors (Lipinski definition) is 5. The predicted octanol–water partition coefficient (Wildman–Crippen LogP) is 2.97. The first-order valence-electron chi connectivity index (χ1n) is 9.13. The van der Waals surface area contributed by atoms with Crippen molar-refractivity contribution in [3.63, 3.8) is 0 Å². The molecule has 2 unspecified atom stereocenters. The lowest BCUT2D eigenvalue weighted by Crippen LogP contribution is -2.52. The van der Waals surface area contributed by atoms with Gasteiger partial charge in [-0.25, -0.2) is 0 Å². The highest BCUT2D eigenvalue weighted by Gasteiger charge is 2.70. The van der Waals surface area contributed by atoms with Gasteiger partial charge < -0.3 is 9.84 Å². The van der Waals surface area contributed by atoms with E-state index in [0.29, 0.717) is 11.0 Å². The molecule has 2 aliphatic rings. The highest BCUT2D eigenvalue weighted by atomic mass is 19.4. The molecule has 160 valence electrons. The van der Waals surface area contributed by atoms with E-state index in [1.807, 2.05) is 0 Å². The summed E-state index contributed by atoms with van der Waals surface area (Å²) in [5, 5.41) is 18.4. The van der Waals surface area contributed by atoms with Crippen LogP contribution >= 0.6 is 0 Å². The van der Waals surface area contributed by atoms with Gasteiger partial charge in [0, 0.05) is 5.92 Å². The molecule has 10 heteroatoms. The number of carboxylic acid groups (broad SMARTS) is 1. The van der Waals surface area contributed by atoms with Crippen LogP contribution in [-0.2, 0) is 25.3 Å². The van der Waals surface area contributed by atoms with Crippen LogP contribution in [0.4, 0.5) is 18.9 Å². The normalized spacial score (nSPS) is 32.5. The minimum absolute atomic E-state index is 0.0352. The number of amides is 2. The highest BCUT2D eigenvalue weighted by molar-refractivity contribution is 6.09. The Bertz CT molecular complexity index is 972. The summed E-state index contributed by atoms with van der Waals surface area (Å²) in [5.74, 6) is -4.24. The molecule has 2 fully saturated rings. The fraction of sp³-hybridized carbons (Fsp3) is 0.500. The van der Waals surface area contributed by atoms with Gasteiger partial charge in [-0.3, -0.25) is 19.3 Å². The molecule has 2 amide bonds. The van der Waals surface area contributed by atoms with Crippen molar-refractivity contribution < 1.29 is 37.4 Å². The summed E-state index contributed by atoms with van der Waals surface area (Å²) in [6.45, 7) is 4.79. The Morgan fingerprint density at radius 2 is 2.00 bits per heavy atom. The van der Waals surface area contributed by atoms with Gasteiger partial charge in [0.15, 0.2) is 0 Å². The van der Waals surface area contributed by atoms with Gasteiger partial charge in [0.05, 0.1) is 45.9 Å². The molecule has 2 bridgehead atoms. The maximum atomic E-state index is 13.3. The summed E-state index contributed by atoms with van der Waals surface area (Å²) in [6.07, 6.45) is -4.70. The number of hydrogen-bond donors (Lipinski definition) is 1. The molecule has 3 rings (SSSR count). The van der Waals surface area contributed by atoms with Crippen LogP contribution in [0.3, 0.4) is 0 Å². The zero-order valence-electron chi connectivity index (χ0n) is 16.4. The number of carbonyl (C=O) groups is 3. The number of rotatable bonds is 4. The summed E-state index contributed by atoms with van der Waals surface area (Å²) in [5.41, 5.74) is -4.57. The Morgan fingerprint density at radius 1 is 1.37 bits per heavy atom. The lowest BCUT2D eigenvalue weighted by molar-refractivity contribution is -0.149. The molecule has 0 spiro atoms. The monoisotopic (exact) mass is 424 g/mol. The van der Waals surface area contributed by atoms with E-state index in [1.54, 1.807) is 20.8 Å². The molecule has 0 saturated carbocycles. The van der Waals surface area contributed by atoms with Gasteiger partial charge >= 0.3 is 12.1 Å². The van der Waals surface area contributed by atoms with Crippen molar-refractivity contribution in [1.29, 1.82) is 5.26 Å². The Labute approximate surface area is 170 Å². The zero-order chi connectivity index (χ0) is 22.6. The molecule has 0 aromatic heterocycles. The standard InChI is InChI=1S/C20H19F3N2O5/c1-10-15(18(2)7-14(17(28)29)19(10,3)30-18)16(27)25(9-26)12-5-4-11(8-24)13(6-12)20(21,22)23/h4-6,9-10,14-15H,7H2,1-3H3,(H,28,29)/t10-,14+,15-,18?,19?/m0/s1. The van der Waals surface area contributed by atoms with Crippen LogP contribution in [0.2, 0.25) is 0 Å². The van der Waals surface area contributed by atoms with Crippen molar-refractivity contribution in [2.24, 2.45) is 17.8 Å². The zero-order valence-corrected chi connectivity index (χ0v) is 16.4. The van der Waals surface area contributed by atoms with Crippen LogP contribution in [0.5, 0.6) is 0 Å². The van der Waals surface area contributed by atoms with E-state index >= 15 is 0 Å². The van der Waals surface area contributed by atoms with Gasteiger partial charge in [-0.1, -0.05) is 6.92 Å².